The van der Waals surface area contributed by atoms with E-state index in [1.54, 1.807) is 12.1 Å². The van der Waals surface area contributed by atoms with Gasteiger partial charge in [-0.2, -0.15) is 0 Å². The van der Waals surface area contributed by atoms with Crippen molar-refractivity contribution >= 4 is 17.5 Å². The minimum absolute atomic E-state index is 0.0193. The molecule has 1 saturated carbocycles. The summed E-state index contributed by atoms with van der Waals surface area (Å²) >= 11 is 0. The molecule has 1 aliphatic carbocycles. The van der Waals surface area contributed by atoms with Crippen LogP contribution in [0.15, 0.2) is 24.3 Å². The third-order valence-corrected chi connectivity index (χ3v) is 5.86. The summed E-state index contributed by atoms with van der Waals surface area (Å²) in [4.78, 5) is 29.8. The molecule has 1 unspecified atom stereocenters. The van der Waals surface area contributed by atoms with Crippen LogP contribution in [0.1, 0.15) is 46.5 Å². The van der Waals surface area contributed by atoms with E-state index in [2.05, 4.69) is 10.2 Å². The Kier molecular flexibility index (Phi) is 6.38. The summed E-state index contributed by atoms with van der Waals surface area (Å²) in [7, 11) is 0. The average molecular weight is 390 g/mol. The Morgan fingerprint density at radius 3 is 2.14 bits per heavy atom. The van der Waals surface area contributed by atoms with E-state index >= 15 is 0 Å². The predicted octanol–water partition coefficient (Wildman–Crippen LogP) is 3.51. The molecule has 154 valence electrons. The van der Waals surface area contributed by atoms with Crippen molar-refractivity contribution in [2.45, 2.75) is 52.5 Å². The molecule has 1 atom stereocenters. The van der Waals surface area contributed by atoms with E-state index in [-0.39, 0.29) is 29.1 Å². The first-order valence-electron chi connectivity index (χ1n) is 10.4. The van der Waals surface area contributed by atoms with E-state index in [1.807, 2.05) is 25.7 Å². The molecular weight excluding hydrogens is 357 g/mol. The van der Waals surface area contributed by atoms with Gasteiger partial charge in [-0.1, -0.05) is 33.6 Å². The molecule has 6 heteroatoms. The number of halogens is 1. The van der Waals surface area contributed by atoms with Crippen molar-refractivity contribution in [3.8, 4) is 0 Å². The van der Waals surface area contributed by atoms with Crippen molar-refractivity contribution in [2.75, 3.05) is 31.5 Å². The van der Waals surface area contributed by atoms with E-state index in [4.69, 9.17) is 0 Å². The molecule has 2 fully saturated rings. The normalized spacial score (nSPS) is 20.2. The highest BCUT2D eigenvalue weighted by atomic mass is 19.1. The summed E-state index contributed by atoms with van der Waals surface area (Å²) in [5.74, 6) is 0.171. The molecule has 1 saturated heterocycles. The molecule has 1 aromatic rings. The second-order valence-electron chi connectivity index (χ2n) is 9.06. The number of anilines is 1. The van der Waals surface area contributed by atoms with E-state index < -0.39 is 0 Å². The summed E-state index contributed by atoms with van der Waals surface area (Å²) < 4.78 is 13.2. The third kappa shape index (κ3) is 4.90. The van der Waals surface area contributed by atoms with Gasteiger partial charge in [0.2, 0.25) is 11.8 Å². The van der Waals surface area contributed by atoms with Gasteiger partial charge in [-0.25, -0.2) is 4.39 Å². The third-order valence-electron chi connectivity index (χ3n) is 5.86. The van der Waals surface area contributed by atoms with Crippen LogP contribution in [-0.4, -0.2) is 53.8 Å². The van der Waals surface area contributed by atoms with E-state index in [0.29, 0.717) is 37.8 Å². The minimum atomic E-state index is -0.382. The van der Waals surface area contributed by atoms with Gasteiger partial charge in [-0.3, -0.25) is 14.5 Å². The molecule has 0 bridgehead atoms. The fourth-order valence-corrected chi connectivity index (χ4v) is 4.38. The molecule has 5 nitrogen and oxygen atoms in total. The molecule has 1 N–H and O–H groups in total. The van der Waals surface area contributed by atoms with Crippen LogP contribution in [0.5, 0.6) is 0 Å². The lowest BCUT2D eigenvalue weighted by atomic mass is 9.93. The number of carbonyl (C=O) groups excluding carboxylic acids is 2. The Balaban J connectivity index is 1.68. The molecule has 2 aliphatic rings. The van der Waals surface area contributed by atoms with Crippen LogP contribution in [0.25, 0.3) is 0 Å². The average Bonchev–Trinajstić information content (AvgIpc) is 3.17. The molecule has 1 aromatic carbocycles. The van der Waals surface area contributed by atoms with Crippen molar-refractivity contribution in [1.82, 2.24) is 9.80 Å². The molecule has 3 rings (SSSR count). The molecule has 0 spiro atoms. The Morgan fingerprint density at radius 1 is 1.04 bits per heavy atom. The minimum Gasteiger partial charge on any atom is -0.340 e. The maximum atomic E-state index is 13.2. The maximum absolute atomic E-state index is 13.2. The summed E-state index contributed by atoms with van der Waals surface area (Å²) in [6.07, 6.45) is 4.44. The van der Waals surface area contributed by atoms with Crippen molar-refractivity contribution in [3.63, 3.8) is 0 Å². The first-order valence-corrected chi connectivity index (χ1v) is 10.4. The highest BCUT2D eigenvalue weighted by molar-refractivity contribution is 5.95. The summed E-state index contributed by atoms with van der Waals surface area (Å²) in [5.41, 5.74) is 0.239. The number of carbonyl (C=O) groups is 2. The Bertz CT molecular complexity index is 685. The smallest absolute Gasteiger partial charge is 0.242 e. The first-order chi connectivity index (χ1) is 13.3. The quantitative estimate of drug-likeness (QED) is 0.857. The van der Waals surface area contributed by atoms with Crippen LogP contribution < -0.4 is 5.32 Å². The summed E-state index contributed by atoms with van der Waals surface area (Å²) in [6.45, 7) is 8.56. The van der Waals surface area contributed by atoms with Gasteiger partial charge in [0.15, 0.2) is 0 Å². The molecule has 1 heterocycles. The first kappa shape index (κ1) is 20.8. The Hall–Kier alpha value is -1.95. The van der Waals surface area contributed by atoms with Crippen molar-refractivity contribution < 1.29 is 14.0 Å². The lowest BCUT2D eigenvalue weighted by Gasteiger charge is -2.42. The van der Waals surface area contributed by atoms with Crippen LogP contribution >= 0.6 is 0 Å². The lowest BCUT2D eigenvalue weighted by Crippen LogP contribution is -2.58. The van der Waals surface area contributed by atoms with Gasteiger partial charge < -0.3 is 10.2 Å². The molecule has 2 amide bonds. The topological polar surface area (TPSA) is 52.7 Å². The zero-order valence-corrected chi connectivity index (χ0v) is 17.2. The molecule has 1 aliphatic heterocycles. The number of piperazine rings is 1. The van der Waals surface area contributed by atoms with Gasteiger partial charge in [-0.15, -0.1) is 0 Å². The predicted molar refractivity (Wildman–Crippen MR) is 108 cm³/mol. The Morgan fingerprint density at radius 2 is 1.61 bits per heavy atom. The van der Waals surface area contributed by atoms with Crippen LogP contribution in [-0.2, 0) is 9.59 Å². The number of rotatable bonds is 4. The number of amides is 2. The van der Waals surface area contributed by atoms with Gasteiger partial charge in [-0.05, 0) is 43.0 Å². The van der Waals surface area contributed by atoms with E-state index in [9.17, 15) is 14.0 Å². The standard InChI is InChI=1S/C22H32FN3O2/c1-22(2,3)21(28)26-14-12-25(13-15-26)19(16-6-4-5-7-16)20(27)24-18-10-8-17(23)9-11-18/h8-11,16,19H,4-7,12-15H2,1-3H3,(H,24,27). The second-order valence-corrected chi connectivity index (χ2v) is 9.06. The number of benzene rings is 1. The van der Waals surface area contributed by atoms with Crippen LogP contribution in [0, 0.1) is 17.2 Å². The number of nitrogens with zero attached hydrogens (tertiary/aromatic N) is 2. The van der Waals surface area contributed by atoms with Gasteiger partial charge >= 0.3 is 0 Å². The maximum Gasteiger partial charge on any atom is 0.242 e. The molecule has 28 heavy (non-hydrogen) atoms. The van der Waals surface area contributed by atoms with Crippen LogP contribution in [0.4, 0.5) is 10.1 Å². The Labute approximate surface area is 167 Å². The van der Waals surface area contributed by atoms with Crippen molar-refractivity contribution in [1.29, 1.82) is 0 Å². The molecule has 0 aromatic heterocycles. The number of nitrogens with one attached hydrogen (secondary N) is 1. The zero-order chi connectivity index (χ0) is 20.3. The highest BCUT2D eigenvalue weighted by Crippen LogP contribution is 2.32. The van der Waals surface area contributed by atoms with Crippen LogP contribution in [0.3, 0.4) is 0 Å². The lowest BCUT2D eigenvalue weighted by molar-refractivity contribution is -0.142. The van der Waals surface area contributed by atoms with Crippen molar-refractivity contribution in [2.24, 2.45) is 11.3 Å². The van der Waals surface area contributed by atoms with E-state index in [1.165, 1.54) is 12.1 Å². The molecular formula is C22H32FN3O2. The monoisotopic (exact) mass is 389 g/mol. The second kappa shape index (κ2) is 8.60. The van der Waals surface area contributed by atoms with Gasteiger partial charge in [0.05, 0.1) is 6.04 Å². The fourth-order valence-electron chi connectivity index (χ4n) is 4.38. The SMILES string of the molecule is CC(C)(C)C(=O)N1CCN(C(C(=O)Nc2ccc(F)cc2)C2CCCC2)CC1. The van der Waals surface area contributed by atoms with Crippen LogP contribution in [0.2, 0.25) is 0 Å². The number of hydrogen-bond acceptors (Lipinski definition) is 3. The van der Waals surface area contributed by atoms with Gasteiger partial charge in [0, 0.05) is 37.3 Å². The summed E-state index contributed by atoms with van der Waals surface area (Å²) in [5, 5.41) is 2.97. The fraction of sp³-hybridized carbons (Fsp3) is 0.636. The number of hydrogen-bond donors (Lipinski definition) is 1. The highest BCUT2D eigenvalue weighted by Gasteiger charge is 2.38. The van der Waals surface area contributed by atoms with E-state index in [0.717, 1.165) is 25.7 Å². The largest absolute Gasteiger partial charge is 0.340 e. The van der Waals surface area contributed by atoms with Gasteiger partial charge in [0.25, 0.3) is 0 Å². The molecule has 0 radical (unpaired) electrons. The zero-order valence-electron chi connectivity index (χ0n) is 17.2. The summed E-state index contributed by atoms with van der Waals surface area (Å²) in [6, 6.07) is 5.71. The van der Waals surface area contributed by atoms with Crippen molar-refractivity contribution in [3.05, 3.63) is 30.1 Å². The van der Waals surface area contributed by atoms with Gasteiger partial charge in [0.1, 0.15) is 5.82 Å².